The summed E-state index contributed by atoms with van der Waals surface area (Å²) in [5, 5.41) is 17.1. The molecule has 0 saturated heterocycles. The Labute approximate surface area is 183 Å². The molecule has 0 fully saturated rings. The highest BCUT2D eigenvalue weighted by molar-refractivity contribution is 8.76. The zero-order valence-electron chi connectivity index (χ0n) is 15.5. The molecule has 2 N–H and O–H groups in total. The Morgan fingerprint density at radius 3 is 1.34 bits per heavy atom. The van der Waals surface area contributed by atoms with Gasteiger partial charge >= 0.3 is 24.3 Å². The predicted octanol–water partition coefficient (Wildman–Crippen LogP) is 5.45. The van der Waals surface area contributed by atoms with Crippen molar-refractivity contribution in [2.45, 2.75) is 22.1 Å². The minimum atomic E-state index is -4.86. The summed E-state index contributed by atoms with van der Waals surface area (Å²) in [4.78, 5) is 21.1. The zero-order valence-corrected chi connectivity index (χ0v) is 17.1. The van der Waals surface area contributed by atoms with E-state index in [2.05, 4.69) is 9.47 Å². The number of hydrogen-bond donors (Lipinski definition) is 2. The largest absolute Gasteiger partial charge is 0.481 e. The summed E-state index contributed by atoms with van der Waals surface area (Å²) in [5.41, 5.74) is -2.48. The van der Waals surface area contributed by atoms with Crippen molar-refractivity contribution in [3.05, 3.63) is 47.5 Å². The Bertz CT molecular complexity index is 913. The van der Waals surface area contributed by atoms with Gasteiger partial charge in [0, 0.05) is 9.79 Å². The maximum Gasteiger partial charge on any atom is 0.420 e. The minimum absolute atomic E-state index is 0.0183. The van der Waals surface area contributed by atoms with E-state index in [1.807, 2.05) is 0 Å². The van der Waals surface area contributed by atoms with E-state index < -0.39 is 60.1 Å². The van der Waals surface area contributed by atoms with Crippen molar-refractivity contribution in [2.24, 2.45) is 0 Å². The Balaban J connectivity index is 2.23. The highest BCUT2D eigenvalue weighted by atomic mass is 33.1. The SMILES string of the molecule is O=C(O)COc1ccc(SSc2ccc(OCC(=O)O)c(C(F)(F)F)c2)cc1C(F)(F)F. The van der Waals surface area contributed by atoms with Crippen LogP contribution in [0.1, 0.15) is 11.1 Å². The van der Waals surface area contributed by atoms with Crippen molar-refractivity contribution in [1.82, 2.24) is 0 Å². The van der Waals surface area contributed by atoms with Gasteiger partial charge < -0.3 is 19.7 Å². The molecule has 0 bridgehead atoms. The molecule has 0 amide bonds. The first-order chi connectivity index (χ1) is 14.8. The fraction of sp³-hybridized carbons (Fsp3) is 0.222. The lowest BCUT2D eigenvalue weighted by Crippen LogP contribution is -2.14. The van der Waals surface area contributed by atoms with Crippen molar-refractivity contribution in [1.29, 1.82) is 0 Å². The highest BCUT2D eigenvalue weighted by Crippen LogP contribution is 2.45. The average Bonchev–Trinajstić information content (AvgIpc) is 2.68. The van der Waals surface area contributed by atoms with Crippen LogP contribution < -0.4 is 9.47 Å². The van der Waals surface area contributed by atoms with Crippen molar-refractivity contribution < 1.29 is 55.6 Å². The van der Waals surface area contributed by atoms with E-state index in [0.29, 0.717) is 12.1 Å². The fourth-order valence-corrected chi connectivity index (χ4v) is 4.16. The molecule has 2 rings (SSSR count). The number of benzene rings is 2. The number of carbonyl (C=O) groups is 2. The van der Waals surface area contributed by atoms with Crippen molar-refractivity contribution in [3.8, 4) is 11.5 Å². The Morgan fingerprint density at radius 1 is 0.719 bits per heavy atom. The third-order valence-electron chi connectivity index (χ3n) is 3.45. The second-order valence-corrected chi connectivity index (χ2v) is 8.12. The molecule has 0 atom stereocenters. The van der Waals surface area contributed by atoms with Crippen molar-refractivity contribution in [3.63, 3.8) is 0 Å². The third-order valence-corrected chi connectivity index (χ3v) is 5.83. The Hall–Kier alpha value is -2.74. The molecule has 0 saturated carbocycles. The number of carboxylic acid groups (broad SMARTS) is 2. The van der Waals surface area contributed by atoms with Crippen LogP contribution in [-0.2, 0) is 21.9 Å². The van der Waals surface area contributed by atoms with Gasteiger partial charge in [0.15, 0.2) is 13.2 Å². The molecule has 0 aliphatic heterocycles. The standard InChI is InChI=1S/C18H12F6O6S2/c19-17(20,21)11-5-9(1-3-13(11)29-7-15(25)26)31-32-10-2-4-14(30-8-16(27)28)12(6-10)18(22,23)24/h1-6H,7-8H2,(H,25,26)(H,27,28). The molecular formula is C18H12F6O6S2. The van der Waals surface area contributed by atoms with Crippen LogP contribution in [0.3, 0.4) is 0 Å². The summed E-state index contributed by atoms with van der Waals surface area (Å²) in [7, 11) is 1.45. The molecule has 0 spiro atoms. The molecule has 0 heterocycles. The van der Waals surface area contributed by atoms with E-state index in [4.69, 9.17) is 10.2 Å². The van der Waals surface area contributed by atoms with Crippen molar-refractivity contribution in [2.75, 3.05) is 13.2 Å². The monoisotopic (exact) mass is 502 g/mol. The lowest BCUT2D eigenvalue weighted by atomic mass is 10.2. The van der Waals surface area contributed by atoms with Gasteiger partial charge in [-0.25, -0.2) is 9.59 Å². The lowest BCUT2D eigenvalue weighted by Gasteiger charge is -2.15. The van der Waals surface area contributed by atoms with Gasteiger partial charge in [-0.2, -0.15) is 26.3 Å². The van der Waals surface area contributed by atoms with Crippen LogP contribution in [0.15, 0.2) is 46.2 Å². The Morgan fingerprint density at radius 2 is 1.06 bits per heavy atom. The summed E-state index contributed by atoms with van der Waals surface area (Å²) in [5.74, 6) is -4.34. The van der Waals surface area contributed by atoms with E-state index in [-0.39, 0.29) is 9.79 Å². The van der Waals surface area contributed by atoms with Gasteiger partial charge in [0.25, 0.3) is 0 Å². The van der Waals surface area contributed by atoms with E-state index >= 15 is 0 Å². The van der Waals surface area contributed by atoms with Crippen LogP contribution >= 0.6 is 21.6 Å². The summed E-state index contributed by atoms with van der Waals surface area (Å²) in [6, 6.07) is 5.59. The number of carboxylic acids is 2. The molecule has 0 aromatic heterocycles. The van der Waals surface area contributed by atoms with Crippen LogP contribution in [0, 0.1) is 0 Å². The van der Waals surface area contributed by atoms with Crippen LogP contribution in [0.5, 0.6) is 11.5 Å². The van der Waals surface area contributed by atoms with Gasteiger partial charge in [-0.3, -0.25) is 0 Å². The number of alkyl halides is 6. The molecule has 0 unspecified atom stereocenters. The molecule has 32 heavy (non-hydrogen) atoms. The van der Waals surface area contributed by atoms with Crippen LogP contribution in [0.4, 0.5) is 26.3 Å². The first-order valence-corrected chi connectivity index (χ1v) is 10.4. The van der Waals surface area contributed by atoms with Gasteiger partial charge in [-0.1, -0.05) is 21.6 Å². The number of rotatable bonds is 9. The Kier molecular flexibility index (Phi) is 8.18. The van der Waals surface area contributed by atoms with Crippen LogP contribution in [0.2, 0.25) is 0 Å². The van der Waals surface area contributed by atoms with E-state index in [1.54, 1.807) is 0 Å². The fourth-order valence-electron chi connectivity index (χ4n) is 2.19. The number of hydrogen-bond acceptors (Lipinski definition) is 6. The molecule has 0 radical (unpaired) electrons. The maximum atomic E-state index is 13.2. The van der Waals surface area contributed by atoms with Gasteiger partial charge in [0.1, 0.15) is 11.5 Å². The van der Waals surface area contributed by atoms with Gasteiger partial charge in [0.05, 0.1) is 11.1 Å². The summed E-state index contributed by atoms with van der Waals surface area (Å²) < 4.78 is 88.8. The summed E-state index contributed by atoms with van der Waals surface area (Å²) in [6.07, 6.45) is -9.72. The van der Waals surface area contributed by atoms with E-state index in [9.17, 15) is 35.9 Å². The van der Waals surface area contributed by atoms with Gasteiger partial charge in [-0.05, 0) is 36.4 Å². The summed E-state index contributed by atoms with van der Waals surface area (Å²) >= 11 is 0. The van der Waals surface area contributed by atoms with Gasteiger partial charge in [0.2, 0.25) is 0 Å². The summed E-state index contributed by atoms with van der Waals surface area (Å²) in [6.45, 7) is -1.97. The predicted molar refractivity (Wildman–Crippen MR) is 101 cm³/mol. The first-order valence-electron chi connectivity index (χ1n) is 8.23. The molecule has 0 aliphatic carbocycles. The van der Waals surface area contributed by atoms with Crippen molar-refractivity contribution >= 4 is 33.5 Å². The molecule has 174 valence electrons. The quantitative estimate of drug-likeness (QED) is 0.346. The van der Waals surface area contributed by atoms with Crippen LogP contribution in [-0.4, -0.2) is 35.4 Å². The molecule has 2 aromatic rings. The van der Waals surface area contributed by atoms with E-state index in [0.717, 1.165) is 33.7 Å². The first kappa shape index (κ1) is 25.5. The second kappa shape index (κ2) is 10.3. The van der Waals surface area contributed by atoms with Crippen LogP contribution in [0.25, 0.3) is 0 Å². The second-order valence-electron chi connectivity index (χ2n) is 5.84. The molecule has 0 aliphatic rings. The molecule has 6 nitrogen and oxygen atoms in total. The van der Waals surface area contributed by atoms with E-state index in [1.165, 1.54) is 12.1 Å². The minimum Gasteiger partial charge on any atom is -0.481 e. The molecule has 14 heteroatoms. The number of halogens is 6. The average molecular weight is 502 g/mol. The maximum absolute atomic E-state index is 13.2. The highest BCUT2D eigenvalue weighted by Gasteiger charge is 2.36. The zero-order chi connectivity index (χ0) is 24.1. The number of ether oxygens (including phenoxy) is 2. The molecular weight excluding hydrogens is 490 g/mol. The third kappa shape index (κ3) is 7.44. The normalized spacial score (nSPS) is 11.8. The van der Waals surface area contributed by atoms with Gasteiger partial charge in [-0.15, -0.1) is 0 Å². The lowest BCUT2D eigenvalue weighted by molar-refractivity contribution is -0.143. The number of aliphatic carboxylic acids is 2. The smallest absolute Gasteiger partial charge is 0.420 e. The molecule has 2 aromatic carbocycles. The topological polar surface area (TPSA) is 93.1 Å².